The van der Waals surface area contributed by atoms with Crippen molar-refractivity contribution in [3.63, 3.8) is 0 Å². The van der Waals surface area contributed by atoms with E-state index in [4.69, 9.17) is 0 Å². The summed E-state index contributed by atoms with van der Waals surface area (Å²) in [5.74, 6) is 0.0689. The zero-order valence-electron chi connectivity index (χ0n) is 18.9. The van der Waals surface area contributed by atoms with Crippen LogP contribution in [0.1, 0.15) is 48.9 Å². The quantitative estimate of drug-likeness (QED) is 0.416. The van der Waals surface area contributed by atoms with Crippen LogP contribution < -0.4 is 10.6 Å². The summed E-state index contributed by atoms with van der Waals surface area (Å²) in [5.41, 5.74) is 3.39. The van der Waals surface area contributed by atoms with Gasteiger partial charge in [0.15, 0.2) is 0 Å². The third kappa shape index (κ3) is 7.33. The topological polar surface area (TPSA) is 61.4 Å². The number of amides is 1. The zero-order chi connectivity index (χ0) is 22.8. The fourth-order valence-corrected chi connectivity index (χ4v) is 3.89. The van der Waals surface area contributed by atoms with Crippen LogP contribution in [0.3, 0.4) is 0 Å². The van der Waals surface area contributed by atoms with Gasteiger partial charge in [0, 0.05) is 19.0 Å². The Balaban J connectivity index is 1.62. The lowest BCUT2D eigenvalue weighted by Gasteiger charge is -2.27. The molecule has 3 N–H and O–H groups in total. The number of benzene rings is 3. The van der Waals surface area contributed by atoms with E-state index in [1.54, 1.807) is 0 Å². The molecule has 4 atom stereocenters. The van der Waals surface area contributed by atoms with Crippen molar-refractivity contribution >= 4 is 5.91 Å². The molecule has 0 aliphatic heterocycles. The van der Waals surface area contributed by atoms with Crippen molar-refractivity contribution < 1.29 is 9.90 Å². The minimum absolute atomic E-state index is 0.0440. The molecule has 4 heteroatoms. The first-order valence-corrected chi connectivity index (χ1v) is 11.4. The molecule has 0 saturated carbocycles. The van der Waals surface area contributed by atoms with E-state index in [2.05, 4.69) is 36.6 Å². The van der Waals surface area contributed by atoms with Crippen molar-refractivity contribution in [2.45, 2.75) is 50.8 Å². The number of rotatable bonds is 11. The van der Waals surface area contributed by atoms with Crippen molar-refractivity contribution in [3.05, 3.63) is 108 Å². The maximum atomic E-state index is 12.8. The second-order valence-corrected chi connectivity index (χ2v) is 8.49. The molecular weight excluding hydrogens is 396 g/mol. The second-order valence-electron chi connectivity index (χ2n) is 8.49. The SMILES string of the molecule is CC(CC(=O)N[C@@H](Cc1ccccc1)[C@H](O)CNC(C)c1ccccc1)c1ccccc1. The molecular formula is C28H34N2O2. The summed E-state index contributed by atoms with van der Waals surface area (Å²) < 4.78 is 0. The fourth-order valence-electron chi connectivity index (χ4n) is 3.89. The summed E-state index contributed by atoms with van der Waals surface area (Å²) in [6.45, 7) is 4.52. The molecule has 0 fully saturated rings. The number of carbonyl (C=O) groups excluding carboxylic acids is 1. The molecule has 2 unspecified atom stereocenters. The van der Waals surface area contributed by atoms with Crippen molar-refractivity contribution in [1.82, 2.24) is 10.6 Å². The van der Waals surface area contributed by atoms with Gasteiger partial charge in [0.2, 0.25) is 5.91 Å². The van der Waals surface area contributed by atoms with Gasteiger partial charge in [-0.05, 0) is 36.0 Å². The van der Waals surface area contributed by atoms with Gasteiger partial charge in [0.25, 0.3) is 0 Å². The van der Waals surface area contributed by atoms with E-state index in [9.17, 15) is 9.90 Å². The maximum absolute atomic E-state index is 12.8. The van der Waals surface area contributed by atoms with Gasteiger partial charge in [-0.15, -0.1) is 0 Å². The highest BCUT2D eigenvalue weighted by atomic mass is 16.3. The van der Waals surface area contributed by atoms with Crippen molar-refractivity contribution in [3.8, 4) is 0 Å². The largest absolute Gasteiger partial charge is 0.390 e. The summed E-state index contributed by atoms with van der Waals surface area (Å²) in [4.78, 5) is 12.8. The zero-order valence-corrected chi connectivity index (χ0v) is 18.9. The average molecular weight is 431 g/mol. The van der Waals surface area contributed by atoms with Crippen LogP contribution in [0.2, 0.25) is 0 Å². The van der Waals surface area contributed by atoms with E-state index in [0.717, 1.165) is 11.1 Å². The molecule has 0 aliphatic rings. The number of hydrogen-bond acceptors (Lipinski definition) is 3. The number of aliphatic hydroxyl groups excluding tert-OH is 1. The molecule has 3 aromatic rings. The summed E-state index contributed by atoms with van der Waals surface area (Å²) >= 11 is 0. The van der Waals surface area contributed by atoms with E-state index in [-0.39, 0.29) is 23.9 Å². The van der Waals surface area contributed by atoms with Crippen LogP contribution in [0.25, 0.3) is 0 Å². The van der Waals surface area contributed by atoms with Gasteiger partial charge < -0.3 is 15.7 Å². The number of aliphatic hydroxyl groups is 1. The van der Waals surface area contributed by atoms with Crippen molar-refractivity contribution in [2.24, 2.45) is 0 Å². The van der Waals surface area contributed by atoms with E-state index < -0.39 is 6.10 Å². The molecule has 168 valence electrons. The second kappa shape index (κ2) is 12.2. The number of hydrogen-bond donors (Lipinski definition) is 3. The Hall–Kier alpha value is -2.95. The van der Waals surface area contributed by atoms with Crippen molar-refractivity contribution in [1.29, 1.82) is 0 Å². The highest BCUT2D eigenvalue weighted by Crippen LogP contribution is 2.19. The van der Waals surface area contributed by atoms with E-state index >= 15 is 0 Å². The lowest BCUT2D eigenvalue weighted by atomic mass is 9.96. The van der Waals surface area contributed by atoms with Gasteiger partial charge in [-0.3, -0.25) is 4.79 Å². The minimum atomic E-state index is -0.711. The Bertz CT molecular complexity index is 931. The number of carbonyl (C=O) groups is 1. The summed E-state index contributed by atoms with van der Waals surface area (Å²) in [6.07, 6.45) is 0.252. The molecule has 0 radical (unpaired) electrons. The van der Waals surface area contributed by atoms with E-state index in [1.807, 2.05) is 78.9 Å². The Morgan fingerprint density at radius 3 is 1.94 bits per heavy atom. The molecule has 0 aromatic heterocycles. The van der Waals surface area contributed by atoms with E-state index in [1.165, 1.54) is 5.56 Å². The molecule has 0 bridgehead atoms. The minimum Gasteiger partial charge on any atom is -0.390 e. The third-order valence-electron chi connectivity index (χ3n) is 5.90. The van der Waals surface area contributed by atoms with Gasteiger partial charge in [-0.1, -0.05) is 97.9 Å². The van der Waals surface area contributed by atoms with Crippen molar-refractivity contribution in [2.75, 3.05) is 6.54 Å². The van der Waals surface area contributed by atoms with Gasteiger partial charge in [-0.2, -0.15) is 0 Å². The molecule has 0 spiro atoms. The summed E-state index contributed by atoms with van der Waals surface area (Å²) in [7, 11) is 0. The molecule has 4 nitrogen and oxygen atoms in total. The highest BCUT2D eigenvalue weighted by Gasteiger charge is 2.23. The molecule has 3 aromatic carbocycles. The first kappa shape index (κ1) is 23.7. The molecule has 3 rings (SSSR count). The smallest absolute Gasteiger partial charge is 0.220 e. The molecule has 0 aliphatic carbocycles. The first-order chi connectivity index (χ1) is 15.5. The lowest BCUT2D eigenvalue weighted by molar-refractivity contribution is -0.123. The van der Waals surface area contributed by atoms with Crippen LogP contribution in [0.5, 0.6) is 0 Å². The Morgan fingerprint density at radius 1 is 0.812 bits per heavy atom. The van der Waals surface area contributed by atoms with Crippen LogP contribution in [0.4, 0.5) is 0 Å². The van der Waals surface area contributed by atoms with E-state index in [0.29, 0.717) is 19.4 Å². The third-order valence-corrected chi connectivity index (χ3v) is 5.90. The van der Waals surface area contributed by atoms with Crippen LogP contribution >= 0.6 is 0 Å². The summed E-state index contributed by atoms with van der Waals surface area (Å²) in [6, 6.07) is 29.9. The highest BCUT2D eigenvalue weighted by molar-refractivity contribution is 5.77. The average Bonchev–Trinajstić information content (AvgIpc) is 2.83. The Kier molecular flexibility index (Phi) is 9.02. The predicted octanol–water partition coefficient (Wildman–Crippen LogP) is 4.62. The van der Waals surface area contributed by atoms with Crippen LogP contribution in [0.15, 0.2) is 91.0 Å². The summed E-state index contributed by atoms with van der Waals surface area (Å²) in [5, 5.41) is 17.5. The Morgan fingerprint density at radius 2 is 1.34 bits per heavy atom. The van der Waals surface area contributed by atoms with Gasteiger partial charge >= 0.3 is 0 Å². The molecule has 0 heterocycles. The maximum Gasteiger partial charge on any atom is 0.220 e. The van der Waals surface area contributed by atoms with Crippen LogP contribution in [-0.4, -0.2) is 29.7 Å². The number of nitrogens with one attached hydrogen (secondary N) is 2. The Labute approximate surface area is 191 Å². The van der Waals surface area contributed by atoms with Gasteiger partial charge in [-0.25, -0.2) is 0 Å². The molecule has 0 saturated heterocycles. The van der Waals surface area contributed by atoms with Crippen LogP contribution in [0, 0.1) is 0 Å². The molecule has 1 amide bonds. The first-order valence-electron chi connectivity index (χ1n) is 11.4. The van der Waals surface area contributed by atoms with Gasteiger partial charge in [0.1, 0.15) is 0 Å². The normalized spacial score (nSPS) is 14.8. The lowest BCUT2D eigenvalue weighted by Crippen LogP contribution is -2.49. The monoisotopic (exact) mass is 430 g/mol. The standard InChI is InChI=1S/C28H34N2O2/c1-21(24-14-8-4-9-15-24)18-28(32)30-26(19-23-12-6-3-7-13-23)27(31)20-29-22(2)25-16-10-5-11-17-25/h3-17,21-22,26-27,29,31H,18-20H2,1-2H3,(H,30,32)/t21?,22?,26-,27+/m0/s1. The predicted molar refractivity (Wildman–Crippen MR) is 130 cm³/mol. The van der Waals surface area contributed by atoms with Gasteiger partial charge in [0.05, 0.1) is 12.1 Å². The molecule has 32 heavy (non-hydrogen) atoms. The van der Waals surface area contributed by atoms with Crippen LogP contribution in [-0.2, 0) is 11.2 Å². The fraction of sp³-hybridized carbons (Fsp3) is 0.321.